The molecule has 1 N–H and O–H groups in total. The van der Waals surface area contributed by atoms with Crippen LogP contribution in [0.15, 0.2) is 53.7 Å². The number of aromatic nitrogens is 4. The fraction of sp³-hybridized carbons (Fsp3) is 0.263. The Labute approximate surface area is 162 Å². The summed E-state index contributed by atoms with van der Waals surface area (Å²) in [5.41, 5.74) is 3.18. The summed E-state index contributed by atoms with van der Waals surface area (Å²) in [6.45, 7) is 2.60. The van der Waals surface area contributed by atoms with Crippen LogP contribution >= 0.6 is 11.8 Å². The van der Waals surface area contributed by atoms with Gasteiger partial charge in [0.05, 0.1) is 18.6 Å². The Hall–Kier alpha value is -2.87. The summed E-state index contributed by atoms with van der Waals surface area (Å²) < 4.78 is 6.77. The van der Waals surface area contributed by atoms with E-state index < -0.39 is 0 Å². The zero-order valence-electron chi connectivity index (χ0n) is 15.3. The van der Waals surface area contributed by atoms with Crippen molar-refractivity contribution >= 4 is 17.7 Å². The van der Waals surface area contributed by atoms with E-state index in [4.69, 9.17) is 4.74 Å². The second-order valence-electron chi connectivity index (χ2n) is 5.95. The van der Waals surface area contributed by atoms with Gasteiger partial charge in [0.1, 0.15) is 5.75 Å². The molecule has 1 aromatic heterocycles. The highest BCUT2D eigenvalue weighted by molar-refractivity contribution is 7.99. The van der Waals surface area contributed by atoms with E-state index >= 15 is 0 Å². The van der Waals surface area contributed by atoms with E-state index in [-0.39, 0.29) is 11.7 Å². The van der Waals surface area contributed by atoms with E-state index in [9.17, 15) is 4.79 Å². The minimum Gasteiger partial charge on any atom is -0.497 e. The first-order chi connectivity index (χ1) is 13.2. The van der Waals surface area contributed by atoms with Crippen molar-refractivity contribution in [3.8, 4) is 11.4 Å². The summed E-state index contributed by atoms with van der Waals surface area (Å²) in [5.74, 6) is 1.03. The largest absolute Gasteiger partial charge is 0.497 e. The molecule has 3 rings (SSSR count). The molecule has 0 atom stereocenters. The smallest absolute Gasteiger partial charge is 0.230 e. The summed E-state index contributed by atoms with van der Waals surface area (Å²) in [4.78, 5) is 12.1. The first kappa shape index (κ1) is 18.9. The fourth-order valence-electron chi connectivity index (χ4n) is 2.44. The van der Waals surface area contributed by atoms with Crippen LogP contribution in [0.5, 0.6) is 5.75 Å². The van der Waals surface area contributed by atoms with Gasteiger partial charge in [-0.1, -0.05) is 41.6 Å². The van der Waals surface area contributed by atoms with Crippen LogP contribution in [0.4, 0.5) is 0 Å². The molecule has 0 aliphatic carbocycles. The molecule has 2 aromatic carbocycles. The number of nitrogens with zero attached hydrogens (tertiary/aromatic N) is 4. The predicted molar refractivity (Wildman–Crippen MR) is 104 cm³/mol. The topological polar surface area (TPSA) is 81.9 Å². The number of rotatable bonds is 8. The van der Waals surface area contributed by atoms with Gasteiger partial charge in [0.15, 0.2) is 0 Å². The lowest BCUT2D eigenvalue weighted by atomic mass is 10.1. The SMILES string of the molecule is COc1ccc(CCNC(=O)CSc2nnnn2-c2ccc(C)cc2)cc1. The number of hydrogen-bond donors (Lipinski definition) is 1. The van der Waals surface area contributed by atoms with E-state index in [0.29, 0.717) is 11.7 Å². The van der Waals surface area contributed by atoms with Crippen LogP contribution in [0.25, 0.3) is 5.69 Å². The van der Waals surface area contributed by atoms with Gasteiger partial charge >= 0.3 is 0 Å². The molecule has 8 heteroatoms. The van der Waals surface area contributed by atoms with Gasteiger partial charge < -0.3 is 10.1 Å². The maximum atomic E-state index is 12.1. The maximum Gasteiger partial charge on any atom is 0.230 e. The number of thioether (sulfide) groups is 1. The lowest BCUT2D eigenvalue weighted by Gasteiger charge is -2.07. The van der Waals surface area contributed by atoms with Gasteiger partial charge in [0.2, 0.25) is 11.1 Å². The molecule has 27 heavy (non-hydrogen) atoms. The summed E-state index contributed by atoms with van der Waals surface area (Å²) >= 11 is 1.31. The van der Waals surface area contributed by atoms with Crippen molar-refractivity contribution < 1.29 is 9.53 Å². The fourth-order valence-corrected chi connectivity index (χ4v) is 3.16. The van der Waals surface area contributed by atoms with Crippen molar-refractivity contribution in [1.29, 1.82) is 0 Å². The summed E-state index contributed by atoms with van der Waals surface area (Å²) in [5, 5.41) is 15.2. The Morgan fingerprint density at radius 2 is 1.89 bits per heavy atom. The Bertz CT molecular complexity index is 878. The number of ether oxygens (including phenoxy) is 1. The third-order valence-electron chi connectivity index (χ3n) is 3.95. The van der Waals surface area contributed by atoms with Gasteiger partial charge in [0, 0.05) is 6.54 Å². The Kier molecular flexibility index (Phi) is 6.43. The van der Waals surface area contributed by atoms with Crippen LogP contribution in [0, 0.1) is 6.92 Å². The van der Waals surface area contributed by atoms with Gasteiger partial charge in [-0.2, -0.15) is 4.68 Å². The lowest BCUT2D eigenvalue weighted by molar-refractivity contribution is -0.118. The minimum absolute atomic E-state index is 0.0491. The minimum atomic E-state index is -0.0491. The quantitative estimate of drug-likeness (QED) is 0.602. The molecule has 0 saturated heterocycles. The van der Waals surface area contributed by atoms with Crippen molar-refractivity contribution in [2.45, 2.75) is 18.5 Å². The molecule has 3 aromatic rings. The third kappa shape index (κ3) is 5.30. The van der Waals surface area contributed by atoms with Crippen LogP contribution < -0.4 is 10.1 Å². The molecule has 0 radical (unpaired) electrons. The Morgan fingerprint density at radius 3 is 2.59 bits per heavy atom. The molecule has 0 saturated carbocycles. The van der Waals surface area contributed by atoms with Crippen LogP contribution in [0.1, 0.15) is 11.1 Å². The average molecular weight is 383 g/mol. The van der Waals surface area contributed by atoms with Crippen LogP contribution in [-0.4, -0.2) is 45.5 Å². The first-order valence-electron chi connectivity index (χ1n) is 8.53. The van der Waals surface area contributed by atoms with Gasteiger partial charge in [-0.3, -0.25) is 4.79 Å². The highest BCUT2D eigenvalue weighted by atomic mass is 32.2. The van der Waals surface area contributed by atoms with Crippen LogP contribution in [-0.2, 0) is 11.2 Å². The summed E-state index contributed by atoms with van der Waals surface area (Å²) in [7, 11) is 1.64. The third-order valence-corrected chi connectivity index (χ3v) is 4.87. The summed E-state index contributed by atoms with van der Waals surface area (Å²) in [6, 6.07) is 15.7. The van der Waals surface area contributed by atoms with Gasteiger partial charge in [0.25, 0.3) is 0 Å². The van der Waals surface area contributed by atoms with Gasteiger partial charge in [-0.25, -0.2) is 0 Å². The molecule has 1 heterocycles. The molecule has 0 aliphatic rings. The van der Waals surface area contributed by atoms with E-state index in [2.05, 4.69) is 20.8 Å². The molecular weight excluding hydrogens is 362 g/mol. The number of hydrogen-bond acceptors (Lipinski definition) is 6. The average Bonchev–Trinajstić information content (AvgIpc) is 3.16. The number of carbonyl (C=O) groups is 1. The second kappa shape index (κ2) is 9.18. The van der Waals surface area contributed by atoms with Crippen molar-refractivity contribution in [2.75, 3.05) is 19.4 Å². The van der Waals surface area contributed by atoms with Crippen molar-refractivity contribution in [1.82, 2.24) is 25.5 Å². The van der Waals surface area contributed by atoms with Crippen LogP contribution in [0.3, 0.4) is 0 Å². The zero-order chi connectivity index (χ0) is 19.1. The number of benzene rings is 2. The molecule has 1 amide bonds. The maximum absolute atomic E-state index is 12.1. The van der Waals surface area contributed by atoms with Gasteiger partial charge in [-0.15, -0.1) is 5.10 Å². The van der Waals surface area contributed by atoms with Crippen molar-refractivity contribution in [3.05, 3.63) is 59.7 Å². The highest BCUT2D eigenvalue weighted by Gasteiger charge is 2.11. The normalized spacial score (nSPS) is 10.6. The van der Waals surface area contributed by atoms with Crippen LogP contribution in [0.2, 0.25) is 0 Å². The van der Waals surface area contributed by atoms with Crippen molar-refractivity contribution in [2.24, 2.45) is 0 Å². The molecule has 0 unspecified atom stereocenters. The first-order valence-corrected chi connectivity index (χ1v) is 9.52. The molecule has 0 aliphatic heterocycles. The zero-order valence-corrected chi connectivity index (χ0v) is 16.1. The second-order valence-corrected chi connectivity index (χ2v) is 6.89. The Morgan fingerprint density at radius 1 is 1.15 bits per heavy atom. The lowest BCUT2D eigenvalue weighted by Crippen LogP contribution is -2.27. The highest BCUT2D eigenvalue weighted by Crippen LogP contribution is 2.18. The predicted octanol–water partition coefficient (Wildman–Crippen LogP) is 2.43. The Balaban J connectivity index is 1.47. The van der Waals surface area contributed by atoms with E-state index in [0.717, 1.165) is 29.0 Å². The standard InChI is InChI=1S/C19H21N5O2S/c1-14-3-7-16(8-4-14)24-19(21-22-23-24)27-13-18(25)20-12-11-15-5-9-17(26-2)10-6-15/h3-10H,11-13H2,1-2H3,(H,20,25). The number of carbonyl (C=O) groups excluding carboxylic acids is 1. The van der Waals surface area contributed by atoms with E-state index in [1.807, 2.05) is 55.5 Å². The molecule has 0 fully saturated rings. The molecule has 0 bridgehead atoms. The number of tetrazole rings is 1. The number of methoxy groups -OCH3 is 1. The molecule has 0 spiro atoms. The molecular formula is C19H21N5O2S. The summed E-state index contributed by atoms with van der Waals surface area (Å²) in [6.07, 6.45) is 0.765. The molecule has 7 nitrogen and oxygen atoms in total. The van der Waals surface area contributed by atoms with E-state index in [1.54, 1.807) is 11.8 Å². The monoisotopic (exact) mass is 383 g/mol. The van der Waals surface area contributed by atoms with Gasteiger partial charge in [-0.05, 0) is 53.6 Å². The molecule has 140 valence electrons. The van der Waals surface area contributed by atoms with E-state index in [1.165, 1.54) is 11.8 Å². The van der Waals surface area contributed by atoms with Crippen molar-refractivity contribution in [3.63, 3.8) is 0 Å². The number of nitrogens with one attached hydrogen (secondary N) is 1. The number of amides is 1. The number of aryl methyl sites for hydroxylation is 1.